The number of benzene rings is 2. The van der Waals surface area contributed by atoms with E-state index in [0.717, 1.165) is 11.3 Å². The number of nitrogens with zero attached hydrogens (tertiary/aromatic N) is 1. The van der Waals surface area contributed by atoms with Gasteiger partial charge in [-0.1, -0.05) is 30.3 Å². The number of aromatic carboxylic acids is 1. The number of nitrogens with one attached hydrogen (secondary N) is 1. The first kappa shape index (κ1) is 15.6. The monoisotopic (exact) mass is 322 g/mol. The SMILES string of the molecule is Nc1ccccc1CCNc1c(C(=O)O)cnc2c(N)cccc12. The van der Waals surface area contributed by atoms with E-state index in [1.807, 2.05) is 30.3 Å². The molecule has 3 rings (SSSR count). The van der Waals surface area contributed by atoms with Crippen molar-refractivity contribution < 1.29 is 9.90 Å². The Labute approximate surface area is 139 Å². The first-order chi connectivity index (χ1) is 11.6. The molecule has 0 radical (unpaired) electrons. The van der Waals surface area contributed by atoms with Gasteiger partial charge in [0.2, 0.25) is 0 Å². The maximum atomic E-state index is 11.5. The predicted octanol–water partition coefficient (Wildman–Crippen LogP) is 2.75. The highest BCUT2D eigenvalue weighted by atomic mass is 16.4. The second-order valence-corrected chi connectivity index (χ2v) is 5.47. The van der Waals surface area contributed by atoms with E-state index in [9.17, 15) is 9.90 Å². The molecule has 0 aliphatic heterocycles. The van der Waals surface area contributed by atoms with Crippen LogP contribution in [0.5, 0.6) is 0 Å². The van der Waals surface area contributed by atoms with Gasteiger partial charge in [0, 0.05) is 23.8 Å². The number of carboxylic acids is 1. The van der Waals surface area contributed by atoms with Gasteiger partial charge >= 0.3 is 5.97 Å². The molecule has 24 heavy (non-hydrogen) atoms. The van der Waals surface area contributed by atoms with Gasteiger partial charge < -0.3 is 21.9 Å². The normalized spacial score (nSPS) is 10.7. The fourth-order valence-corrected chi connectivity index (χ4v) is 2.68. The summed E-state index contributed by atoms with van der Waals surface area (Å²) in [7, 11) is 0. The summed E-state index contributed by atoms with van der Waals surface area (Å²) in [6, 6.07) is 12.9. The molecule has 1 heterocycles. The Hall–Kier alpha value is -3.28. The number of hydrogen-bond acceptors (Lipinski definition) is 5. The van der Waals surface area contributed by atoms with Crippen LogP contribution in [0.1, 0.15) is 15.9 Å². The largest absolute Gasteiger partial charge is 0.478 e. The number of anilines is 3. The Morgan fingerprint density at radius 2 is 1.83 bits per heavy atom. The van der Waals surface area contributed by atoms with Crippen LogP contribution in [0.2, 0.25) is 0 Å². The third-order valence-corrected chi connectivity index (χ3v) is 3.91. The average Bonchev–Trinajstić information content (AvgIpc) is 2.57. The molecule has 0 amide bonds. The molecule has 0 fully saturated rings. The van der Waals surface area contributed by atoms with E-state index in [1.165, 1.54) is 6.20 Å². The molecule has 122 valence electrons. The highest BCUT2D eigenvalue weighted by Crippen LogP contribution is 2.29. The minimum atomic E-state index is -1.03. The van der Waals surface area contributed by atoms with Crippen LogP contribution < -0.4 is 16.8 Å². The number of para-hydroxylation sites is 2. The first-order valence-corrected chi connectivity index (χ1v) is 7.55. The van der Waals surface area contributed by atoms with Crippen molar-refractivity contribution in [1.82, 2.24) is 4.98 Å². The third kappa shape index (κ3) is 2.94. The van der Waals surface area contributed by atoms with Crippen molar-refractivity contribution >= 4 is 33.9 Å². The molecule has 6 nitrogen and oxygen atoms in total. The second-order valence-electron chi connectivity index (χ2n) is 5.47. The van der Waals surface area contributed by atoms with Crippen molar-refractivity contribution in [2.24, 2.45) is 0 Å². The van der Waals surface area contributed by atoms with Gasteiger partial charge in [-0.2, -0.15) is 0 Å². The summed E-state index contributed by atoms with van der Waals surface area (Å²) in [5, 5.41) is 13.3. The average molecular weight is 322 g/mol. The molecule has 0 unspecified atom stereocenters. The summed E-state index contributed by atoms with van der Waals surface area (Å²) < 4.78 is 0. The minimum absolute atomic E-state index is 0.120. The number of pyridine rings is 1. The number of hydrogen-bond donors (Lipinski definition) is 4. The number of rotatable bonds is 5. The van der Waals surface area contributed by atoms with Crippen LogP contribution in [0.25, 0.3) is 10.9 Å². The number of aromatic nitrogens is 1. The lowest BCUT2D eigenvalue weighted by Crippen LogP contribution is -2.11. The van der Waals surface area contributed by atoms with E-state index < -0.39 is 5.97 Å². The Morgan fingerprint density at radius 1 is 1.08 bits per heavy atom. The lowest BCUT2D eigenvalue weighted by molar-refractivity contribution is 0.0697. The smallest absolute Gasteiger partial charge is 0.339 e. The van der Waals surface area contributed by atoms with E-state index in [2.05, 4.69) is 10.3 Å². The molecule has 6 heteroatoms. The number of carbonyl (C=O) groups is 1. The summed E-state index contributed by atoms with van der Waals surface area (Å²) in [5.74, 6) is -1.03. The van der Waals surface area contributed by atoms with E-state index in [-0.39, 0.29) is 5.56 Å². The molecule has 3 aromatic rings. The molecule has 0 aliphatic rings. The van der Waals surface area contributed by atoms with Gasteiger partial charge in [-0.25, -0.2) is 4.79 Å². The molecule has 0 spiro atoms. The van der Waals surface area contributed by atoms with E-state index >= 15 is 0 Å². The zero-order chi connectivity index (χ0) is 17.1. The van der Waals surface area contributed by atoms with Gasteiger partial charge in [-0.05, 0) is 24.1 Å². The summed E-state index contributed by atoms with van der Waals surface area (Å²) >= 11 is 0. The van der Waals surface area contributed by atoms with Gasteiger partial charge in [-0.15, -0.1) is 0 Å². The van der Waals surface area contributed by atoms with Crippen LogP contribution in [0, 0.1) is 0 Å². The fourth-order valence-electron chi connectivity index (χ4n) is 2.68. The maximum absolute atomic E-state index is 11.5. The van der Waals surface area contributed by atoms with Gasteiger partial charge in [0.05, 0.1) is 16.9 Å². The zero-order valence-electron chi connectivity index (χ0n) is 13.0. The van der Waals surface area contributed by atoms with Gasteiger partial charge in [0.1, 0.15) is 5.56 Å². The summed E-state index contributed by atoms with van der Waals surface area (Å²) in [4.78, 5) is 15.7. The predicted molar refractivity (Wildman–Crippen MR) is 96.2 cm³/mol. The molecule has 2 aromatic carbocycles. The molecule has 0 saturated heterocycles. The number of fused-ring (bicyclic) bond motifs is 1. The quantitative estimate of drug-likeness (QED) is 0.537. The third-order valence-electron chi connectivity index (χ3n) is 3.91. The van der Waals surface area contributed by atoms with Crippen molar-refractivity contribution in [3.8, 4) is 0 Å². The Bertz CT molecular complexity index is 909. The van der Waals surface area contributed by atoms with Crippen molar-refractivity contribution in [2.45, 2.75) is 6.42 Å². The summed E-state index contributed by atoms with van der Waals surface area (Å²) in [6.45, 7) is 0.544. The van der Waals surface area contributed by atoms with Crippen LogP contribution in [-0.2, 0) is 6.42 Å². The van der Waals surface area contributed by atoms with Crippen molar-refractivity contribution in [1.29, 1.82) is 0 Å². The maximum Gasteiger partial charge on any atom is 0.339 e. The Kier molecular flexibility index (Phi) is 4.20. The first-order valence-electron chi connectivity index (χ1n) is 7.55. The second kappa shape index (κ2) is 6.45. The number of nitrogen functional groups attached to an aromatic ring is 2. The molecule has 1 aromatic heterocycles. The lowest BCUT2D eigenvalue weighted by atomic mass is 10.1. The molecule has 6 N–H and O–H groups in total. The Balaban J connectivity index is 1.92. The van der Waals surface area contributed by atoms with Crippen LogP contribution >= 0.6 is 0 Å². The van der Waals surface area contributed by atoms with E-state index in [4.69, 9.17) is 11.5 Å². The number of carboxylic acid groups (broad SMARTS) is 1. The number of nitrogens with two attached hydrogens (primary N) is 2. The van der Waals surface area contributed by atoms with Crippen molar-refractivity contribution in [3.63, 3.8) is 0 Å². The van der Waals surface area contributed by atoms with Crippen LogP contribution in [0.4, 0.5) is 17.1 Å². The van der Waals surface area contributed by atoms with Crippen molar-refractivity contribution in [3.05, 3.63) is 59.8 Å². The van der Waals surface area contributed by atoms with Gasteiger partial charge in [-0.3, -0.25) is 4.98 Å². The molecular weight excluding hydrogens is 304 g/mol. The standard InChI is InChI=1S/C18H18N4O2/c19-14-6-2-1-4-11(14)8-9-21-16-12-5-3-7-15(20)17(12)22-10-13(16)18(23)24/h1-7,10H,8-9,19-20H2,(H,21,22)(H,23,24). The topological polar surface area (TPSA) is 114 Å². The highest BCUT2D eigenvalue weighted by Gasteiger charge is 2.15. The van der Waals surface area contributed by atoms with E-state index in [1.54, 1.807) is 12.1 Å². The highest BCUT2D eigenvalue weighted by molar-refractivity contribution is 6.06. The fraction of sp³-hybridized carbons (Fsp3) is 0.111. The van der Waals surface area contributed by atoms with Crippen LogP contribution in [0.15, 0.2) is 48.7 Å². The molecule has 0 aliphatic carbocycles. The molecular formula is C18H18N4O2. The van der Waals surface area contributed by atoms with Crippen LogP contribution in [-0.4, -0.2) is 22.6 Å². The Morgan fingerprint density at radius 3 is 2.58 bits per heavy atom. The van der Waals surface area contributed by atoms with Gasteiger partial charge in [0.25, 0.3) is 0 Å². The summed E-state index contributed by atoms with van der Waals surface area (Å²) in [5.41, 5.74) is 15.4. The van der Waals surface area contributed by atoms with Gasteiger partial charge in [0.15, 0.2) is 0 Å². The molecule has 0 saturated carbocycles. The van der Waals surface area contributed by atoms with Crippen molar-refractivity contribution in [2.75, 3.05) is 23.3 Å². The summed E-state index contributed by atoms with van der Waals surface area (Å²) in [6.07, 6.45) is 2.01. The minimum Gasteiger partial charge on any atom is -0.478 e. The van der Waals surface area contributed by atoms with Crippen LogP contribution in [0.3, 0.4) is 0 Å². The molecule has 0 bridgehead atoms. The lowest BCUT2D eigenvalue weighted by Gasteiger charge is -2.14. The zero-order valence-corrected chi connectivity index (χ0v) is 13.0. The molecule has 0 atom stereocenters. The van der Waals surface area contributed by atoms with E-state index in [0.29, 0.717) is 35.2 Å².